The van der Waals surface area contributed by atoms with Crippen molar-refractivity contribution >= 4 is 27.4 Å². The molecule has 0 amide bonds. The minimum atomic E-state index is -0.704. The molecule has 24 heavy (non-hydrogen) atoms. The van der Waals surface area contributed by atoms with Gasteiger partial charge in [0.05, 0.1) is 11.6 Å². The van der Waals surface area contributed by atoms with Gasteiger partial charge < -0.3 is 10.2 Å². The van der Waals surface area contributed by atoms with Crippen LogP contribution in [-0.4, -0.2) is 34.1 Å². The highest BCUT2D eigenvalue weighted by Crippen LogP contribution is 2.31. The van der Waals surface area contributed by atoms with Gasteiger partial charge in [0.15, 0.2) is 11.6 Å². The minimum Gasteiger partial charge on any atom is -0.461 e. The number of nitrogen functional groups attached to an aromatic ring is 1. The van der Waals surface area contributed by atoms with E-state index in [0.29, 0.717) is 30.4 Å². The quantitative estimate of drug-likeness (QED) is 0.772. The molecule has 0 radical (unpaired) electrons. The van der Waals surface area contributed by atoms with Crippen molar-refractivity contribution in [3.63, 3.8) is 0 Å². The summed E-state index contributed by atoms with van der Waals surface area (Å²) in [5.74, 6) is 1.54. The first-order valence-corrected chi connectivity index (χ1v) is 8.97. The first kappa shape index (κ1) is 16.9. The van der Waals surface area contributed by atoms with Gasteiger partial charge in [0.1, 0.15) is 16.8 Å². The fourth-order valence-corrected chi connectivity index (χ4v) is 3.81. The fourth-order valence-electron chi connectivity index (χ4n) is 2.74. The molecule has 1 fully saturated rings. The summed E-state index contributed by atoms with van der Waals surface area (Å²) in [6.07, 6.45) is 1.50. The Morgan fingerprint density at radius 3 is 2.92 bits per heavy atom. The molecule has 5 nitrogen and oxygen atoms in total. The standard InChI is InChI=1S/C15H15FN4OS.C2H6/c16-9-3-4-20(7-9)8-10-6-11-13(17)18-14(19-15(11)22-10)12-2-1-5-21-12;1-2/h1-2,5-6,9H,3-4,7-8H2,(H2,17,18,19);1-2H3/t9-;/m1./s1. The maximum Gasteiger partial charge on any atom is 0.199 e. The lowest BCUT2D eigenvalue weighted by Gasteiger charge is -2.12. The number of nitrogens with zero attached hydrogens (tertiary/aromatic N) is 3. The molecule has 0 saturated carbocycles. The Morgan fingerprint density at radius 2 is 2.25 bits per heavy atom. The van der Waals surface area contributed by atoms with Crippen LogP contribution >= 0.6 is 11.3 Å². The molecular formula is C17H21FN4OS. The number of hydrogen-bond acceptors (Lipinski definition) is 6. The lowest BCUT2D eigenvalue weighted by molar-refractivity contribution is 0.284. The summed E-state index contributed by atoms with van der Waals surface area (Å²) in [7, 11) is 0. The van der Waals surface area contributed by atoms with Crippen molar-refractivity contribution in [3.05, 3.63) is 29.3 Å². The largest absolute Gasteiger partial charge is 0.461 e. The summed E-state index contributed by atoms with van der Waals surface area (Å²) in [5, 5.41) is 0.853. The van der Waals surface area contributed by atoms with Crippen molar-refractivity contribution in [3.8, 4) is 11.6 Å². The van der Waals surface area contributed by atoms with Crippen LogP contribution in [0.25, 0.3) is 21.8 Å². The van der Waals surface area contributed by atoms with Gasteiger partial charge in [-0.2, -0.15) is 0 Å². The number of fused-ring (bicyclic) bond motifs is 1. The van der Waals surface area contributed by atoms with Gasteiger partial charge in [0.2, 0.25) is 0 Å². The third kappa shape index (κ3) is 3.42. The van der Waals surface area contributed by atoms with Crippen molar-refractivity contribution in [2.45, 2.75) is 33.0 Å². The molecule has 2 N–H and O–H groups in total. The van der Waals surface area contributed by atoms with Gasteiger partial charge in [0.25, 0.3) is 0 Å². The van der Waals surface area contributed by atoms with Crippen molar-refractivity contribution in [2.24, 2.45) is 0 Å². The molecule has 4 rings (SSSR count). The number of halogens is 1. The number of anilines is 1. The zero-order valence-corrected chi connectivity index (χ0v) is 14.6. The number of thiophene rings is 1. The van der Waals surface area contributed by atoms with Crippen LogP contribution in [0.5, 0.6) is 0 Å². The average molecular weight is 348 g/mol. The van der Waals surface area contributed by atoms with Crippen LogP contribution < -0.4 is 5.73 Å². The molecule has 0 aromatic carbocycles. The van der Waals surface area contributed by atoms with Crippen LogP contribution in [0.1, 0.15) is 25.1 Å². The Kier molecular flexibility index (Phi) is 5.11. The Hall–Kier alpha value is -1.99. The first-order valence-electron chi connectivity index (χ1n) is 8.15. The number of furan rings is 1. The molecule has 4 heterocycles. The summed E-state index contributed by atoms with van der Waals surface area (Å²) < 4.78 is 18.6. The molecule has 1 aliphatic heterocycles. The van der Waals surface area contributed by atoms with E-state index in [1.807, 2.05) is 19.9 Å². The fraction of sp³-hybridized carbons (Fsp3) is 0.412. The third-order valence-electron chi connectivity index (χ3n) is 3.81. The highest BCUT2D eigenvalue weighted by molar-refractivity contribution is 7.18. The molecule has 1 saturated heterocycles. The van der Waals surface area contributed by atoms with E-state index in [9.17, 15) is 4.39 Å². The number of nitrogens with two attached hydrogens (primary N) is 1. The lowest BCUT2D eigenvalue weighted by Crippen LogP contribution is -2.19. The van der Waals surface area contributed by atoms with E-state index in [1.54, 1.807) is 29.7 Å². The number of rotatable bonds is 3. The van der Waals surface area contributed by atoms with Crippen LogP contribution in [-0.2, 0) is 6.54 Å². The van der Waals surface area contributed by atoms with Crippen LogP contribution in [0.15, 0.2) is 28.9 Å². The Labute approximate surface area is 144 Å². The van der Waals surface area contributed by atoms with E-state index in [4.69, 9.17) is 10.2 Å². The molecule has 128 valence electrons. The molecule has 3 aromatic heterocycles. The Morgan fingerprint density at radius 1 is 1.42 bits per heavy atom. The number of alkyl halides is 1. The number of hydrogen-bond donors (Lipinski definition) is 1. The van der Waals surface area contributed by atoms with Crippen molar-refractivity contribution in [1.82, 2.24) is 14.9 Å². The Balaban J connectivity index is 0.000000815. The monoisotopic (exact) mass is 348 g/mol. The second-order valence-electron chi connectivity index (χ2n) is 5.46. The van der Waals surface area contributed by atoms with Crippen molar-refractivity contribution in [1.29, 1.82) is 0 Å². The predicted octanol–water partition coefficient (Wildman–Crippen LogP) is 4.10. The molecule has 0 unspecified atom stereocenters. The third-order valence-corrected chi connectivity index (χ3v) is 4.82. The smallest absolute Gasteiger partial charge is 0.199 e. The molecule has 3 aromatic rings. The van der Waals surface area contributed by atoms with Crippen LogP contribution in [0.2, 0.25) is 0 Å². The van der Waals surface area contributed by atoms with Crippen LogP contribution in [0.3, 0.4) is 0 Å². The van der Waals surface area contributed by atoms with E-state index in [1.165, 1.54) is 0 Å². The van der Waals surface area contributed by atoms with E-state index in [-0.39, 0.29) is 0 Å². The van der Waals surface area contributed by atoms with Gasteiger partial charge in [0, 0.05) is 24.5 Å². The summed E-state index contributed by atoms with van der Waals surface area (Å²) in [4.78, 5) is 12.9. The van der Waals surface area contributed by atoms with Crippen molar-refractivity contribution in [2.75, 3.05) is 18.8 Å². The predicted molar refractivity (Wildman–Crippen MR) is 95.7 cm³/mol. The lowest BCUT2D eigenvalue weighted by atomic mass is 10.3. The van der Waals surface area contributed by atoms with Gasteiger partial charge in [-0.15, -0.1) is 11.3 Å². The zero-order chi connectivity index (χ0) is 17.1. The minimum absolute atomic E-state index is 0.448. The van der Waals surface area contributed by atoms with Gasteiger partial charge in [-0.1, -0.05) is 13.8 Å². The van der Waals surface area contributed by atoms with Gasteiger partial charge in [-0.25, -0.2) is 14.4 Å². The summed E-state index contributed by atoms with van der Waals surface area (Å²) in [6.45, 7) is 6.04. The highest BCUT2D eigenvalue weighted by atomic mass is 32.1. The highest BCUT2D eigenvalue weighted by Gasteiger charge is 2.22. The van der Waals surface area contributed by atoms with E-state index < -0.39 is 6.17 Å². The van der Waals surface area contributed by atoms with Crippen molar-refractivity contribution < 1.29 is 8.81 Å². The molecule has 1 aliphatic rings. The Bertz CT molecular complexity index is 802. The summed E-state index contributed by atoms with van der Waals surface area (Å²) in [6, 6.07) is 5.60. The van der Waals surface area contributed by atoms with Crippen LogP contribution in [0.4, 0.5) is 10.2 Å². The topological polar surface area (TPSA) is 68.2 Å². The molecular weight excluding hydrogens is 327 g/mol. The molecule has 7 heteroatoms. The summed E-state index contributed by atoms with van der Waals surface area (Å²) in [5.41, 5.74) is 6.05. The number of likely N-dealkylation sites (tertiary alicyclic amines) is 1. The van der Waals surface area contributed by atoms with E-state index in [0.717, 1.165) is 28.2 Å². The molecule has 0 aliphatic carbocycles. The first-order chi connectivity index (χ1) is 11.7. The van der Waals surface area contributed by atoms with Crippen LogP contribution in [0, 0.1) is 0 Å². The number of aromatic nitrogens is 2. The normalized spacial score (nSPS) is 17.9. The second-order valence-corrected chi connectivity index (χ2v) is 6.58. The zero-order valence-electron chi connectivity index (χ0n) is 13.8. The van der Waals surface area contributed by atoms with E-state index in [2.05, 4.69) is 14.9 Å². The maximum atomic E-state index is 13.3. The molecule has 1 atom stereocenters. The van der Waals surface area contributed by atoms with Gasteiger partial charge in [-0.3, -0.25) is 4.90 Å². The molecule has 0 bridgehead atoms. The summed E-state index contributed by atoms with van der Waals surface area (Å²) >= 11 is 1.57. The average Bonchev–Trinajstić information content (AvgIpc) is 3.30. The molecule has 0 spiro atoms. The second kappa shape index (κ2) is 7.27. The SMILES string of the molecule is CC.Nc1nc(-c2ccco2)nc2sc(CN3CC[C@@H](F)C3)cc12. The van der Waals surface area contributed by atoms with E-state index >= 15 is 0 Å². The van der Waals surface area contributed by atoms with Gasteiger partial charge >= 0.3 is 0 Å². The maximum absolute atomic E-state index is 13.3. The van der Waals surface area contributed by atoms with Gasteiger partial charge in [-0.05, 0) is 24.6 Å².